The van der Waals surface area contributed by atoms with Gasteiger partial charge in [0.15, 0.2) is 0 Å². The molecule has 4 N–H and O–H groups in total. The largest absolute Gasteiger partial charge is 0.338 e. The third kappa shape index (κ3) is 5.47. The lowest BCUT2D eigenvalue weighted by Crippen LogP contribution is -2.40. The van der Waals surface area contributed by atoms with E-state index in [1.54, 1.807) is 6.92 Å². The number of thioether (sulfide) groups is 1. The summed E-state index contributed by atoms with van der Waals surface area (Å²) >= 11 is 1.12. The van der Waals surface area contributed by atoms with Crippen LogP contribution in [-0.2, 0) is 4.79 Å². The summed E-state index contributed by atoms with van der Waals surface area (Å²) in [6, 6.07) is -0.485. The molecule has 0 aromatic carbocycles. The van der Waals surface area contributed by atoms with Crippen molar-refractivity contribution in [2.24, 2.45) is 5.92 Å². The van der Waals surface area contributed by atoms with Crippen molar-refractivity contribution in [3.63, 3.8) is 0 Å². The fraction of sp³-hybridized carbons (Fsp3) is 0.636. The number of aryl methyl sites for hydroxylation is 1. The number of hydrogen-bond donors (Lipinski definition) is 3. The fourth-order valence-electron chi connectivity index (χ4n) is 1.26. The lowest BCUT2D eigenvalue weighted by molar-refractivity contribution is -0.117. The molecule has 0 aliphatic carbocycles. The predicted octanol–water partition coefficient (Wildman–Crippen LogP) is 0.264. The summed E-state index contributed by atoms with van der Waals surface area (Å²) in [5, 5.41) is 12.9. The number of imide groups is 1. The molecule has 0 bridgehead atoms. The Kier molecular flexibility index (Phi) is 6.29. The van der Waals surface area contributed by atoms with E-state index in [2.05, 4.69) is 34.7 Å². The van der Waals surface area contributed by atoms with E-state index in [9.17, 15) is 9.59 Å². The Bertz CT molecular complexity index is 473. The van der Waals surface area contributed by atoms with Gasteiger partial charge in [-0.2, -0.15) is 0 Å². The van der Waals surface area contributed by atoms with Gasteiger partial charge in [0.25, 0.3) is 0 Å². The molecule has 0 radical (unpaired) electrons. The van der Waals surface area contributed by atoms with Crippen LogP contribution in [0.25, 0.3) is 0 Å². The Morgan fingerprint density at radius 2 is 2.10 bits per heavy atom. The average Bonchev–Trinajstić information content (AvgIpc) is 2.67. The number of nitrogens with one attached hydrogen (secondary N) is 2. The van der Waals surface area contributed by atoms with Gasteiger partial charge in [-0.3, -0.25) is 10.1 Å². The van der Waals surface area contributed by atoms with Gasteiger partial charge >= 0.3 is 6.03 Å². The number of nitrogens with two attached hydrogens (primary N) is 1. The Balaban J connectivity index is 2.26. The molecule has 0 unspecified atom stereocenters. The van der Waals surface area contributed by atoms with Gasteiger partial charge in [0.05, 0.1) is 5.75 Å². The van der Waals surface area contributed by atoms with Gasteiger partial charge < -0.3 is 11.2 Å². The normalized spacial score (nSPS) is 10.6. The van der Waals surface area contributed by atoms with Crippen LogP contribution < -0.4 is 16.5 Å². The third-order valence-corrected chi connectivity index (χ3v) is 3.37. The molecular weight excluding hydrogens is 280 g/mol. The predicted molar refractivity (Wildman–Crippen MR) is 76.6 cm³/mol. The monoisotopic (exact) mass is 300 g/mol. The Hall–Kier alpha value is -1.77. The molecule has 0 aliphatic heterocycles. The second-order valence-electron chi connectivity index (χ2n) is 4.68. The number of carbonyl (C=O) groups is 2. The quantitative estimate of drug-likeness (QED) is 0.513. The Morgan fingerprint density at radius 1 is 1.40 bits per heavy atom. The first-order valence-corrected chi connectivity index (χ1v) is 7.26. The van der Waals surface area contributed by atoms with E-state index < -0.39 is 11.9 Å². The highest BCUT2D eigenvalue weighted by Crippen LogP contribution is 2.13. The van der Waals surface area contributed by atoms with Gasteiger partial charge in [0.1, 0.15) is 5.82 Å². The van der Waals surface area contributed by atoms with E-state index in [0.717, 1.165) is 18.2 Å². The summed E-state index contributed by atoms with van der Waals surface area (Å²) in [5.74, 6) is 6.34. The molecule has 1 aromatic rings. The van der Waals surface area contributed by atoms with E-state index in [4.69, 9.17) is 5.84 Å². The molecule has 1 aromatic heterocycles. The molecule has 0 saturated carbocycles. The number of urea groups is 1. The molecule has 1 heterocycles. The van der Waals surface area contributed by atoms with Crippen molar-refractivity contribution in [2.45, 2.75) is 32.3 Å². The van der Waals surface area contributed by atoms with Gasteiger partial charge in [0, 0.05) is 6.54 Å². The lowest BCUT2D eigenvalue weighted by Gasteiger charge is -2.07. The molecule has 8 nitrogen and oxygen atoms in total. The topological polar surface area (TPSA) is 115 Å². The smallest absolute Gasteiger partial charge is 0.321 e. The van der Waals surface area contributed by atoms with E-state index in [-0.39, 0.29) is 5.75 Å². The maximum atomic E-state index is 11.6. The van der Waals surface area contributed by atoms with Crippen LogP contribution in [0.2, 0.25) is 0 Å². The zero-order chi connectivity index (χ0) is 15.1. The second-order valence-corrected chi connectivity index (χ2v) is 5.62. The standard InChI is InChI=1S/C11H20N6O2S/c1-7(2)4-5-13-10(19)14-9(18)6-20-11-16-15-8(3)17(11)12/h7H,4-6,12H2,1-3H3,(H2,13,14,18,19). The number of nitrogen functional groups attached to an aromatic ring is 1. The second kappa shape index (κ2) is 7.73. The van der Waals surface area contributed by atoms with Crippen molar-refractivity contribution in [3.05, 3.63) is 5.82 Å². The third-order valence-electron chi connectivity index (χ3n) is 2.43. The zero-order valence-corrected chi connectivity index (χ0v) is 12.7. The molecule has 0 atom stereocenters. The maximum Gasteiger partial charge on any atom is 0.321 e. The minimum Gasteiger partial charge on any atom is -0.338 e. The van der Waals surface area contributed by atoms with Crippen molar-refractivity contribution >= 4 is 23.7 Å². The van der Waals surface area contributed by atoms with Crippen LogP contribution in [0.3, 0.4) is 0 Å². The van der Waals surface area contributed by atoms with Gasteiger partial charge in [-0.15, -0.1) is 10.2 Å². The SMILES string of the molecule is Cc1nnc(SCC(=O)NC(=O)NCCC(C)C)n1N. The van der Waals surface area contributed by atoms with Crippen molar-refractivity contribution in [1.82, 2.24) is 25.5 Å². The summed E-state index contributed by atoms with van der Waals surface area (Å²) < 4.78 is 1.29. The molecule has 112 valence electrons. The molecule has 0 aliphatic rings. The van der Waals surface area contributed by atoms with Crippen LogP contribution >= 0.6 is 11.8 Å². The van der Waals surface area contributed by atoms with Gasteiger partial charge in [-0.1, -0.05) is 25.6 Å². The molecule has 20 heavy (non-hydrogen) atoms. The highest BCUT2D eigenvalue weighted by Gasteiger charge is 2.11. The van der Waals surface area contributed by atoms with E-state index in [1.165, 1.54) is 4.68 Å². The number of aromatic nitrogens is 3. The van der Waals surface area contributed by atoms with Gasteiger partial charge in [0.2, 0.25) is 11.1 Å². The van der Waals surface area contributed by atoms with Crippen molar-refractivity contribution in [1.29, 1.82) is 0 Å². The van der Waals surface area contributed by atoms with E-state index in [1.807, 2.05) is 0 Å². The molecule has 1 rings (SSSR count). The number of amides is 3. The molecule has 0 fully saturated rings. The molecule has 0 spiro atoms. The summed E-state index contributed by atoms with van der Waals surface area (Å²) in [5.41, 5.74) is 0. The van der Waals surface area contributed by atoms with Crippen LogP contribution in [0.15, 0.2) is 5.16 Å². The Morgan fingerprint density at radius 3 is 2.65 bits per heavy atom. The lowest BCUT2D eigenvalue weighted by atomic mass is 10.1. The maximum absolute atomic E-state index is 11.6. The summed E-state index contributed by atoms with van der Waals surface area (Å²) in [4.78, 5) is 23.0. The minimum atomic E-state index is -0.485. The first kappa shape index (κ1) is 16.3. The first-order chi connectivity index (χ1) is 9.40. The number of hydrogen-bond acceptors (Lipinski definition) is 6. The van der Waals surface area contributed by atoms with E-state index >= 15 is 0 Å². The van der Waals surface area contributed by atoms with Crippen LogP contribution in [0.1, 0.15) is 26.1 Å². The van der Waals surface area contributed by atoms with Crippen LogP contribution in [0.5, 0.6) is 0 Å². The highest BCUT2D eigenvalue weighted by atomic mass is 32.2. The van der Waals surface area contributed by atoms with Crippen LogP contribution in [0.4, 0.5) is 4.79 Å². The number of carbonyl (C=O) groups excluding carboxylic acids is 2. The van der Waals surface area contributed by atoms with Crippen molar-refractivity contribution in [2.75, 3.05) is 18.1 Å². The summed E-state index contributed by atoms with van der Waals surface area (Å²) in [6.07, 6.45) is 0.867. The molecule has 9 heteroatoms. The highest BCUT2D eigenvalue weighted by molar-refractivity contribution is 7.99. The molecular formula is C11H20N6O2S. The zero-order valence-electron chi connectivity index (χ0n) is 11.8. The molecule has 0 saturated heterocycles. The number of rotatable bonds is 6. The fourth-order valence-corrected chi connectivity index (χ4v) is 1.96. The van der Waals surface area contributed by atoms with Crippen LogP contribution in [0, 0.1) is 12.8 Å². The minimum absolute atomic E-state index is 0.0485. The Labute approximate surface area is 121 Å². The van der Waals surface area contributed by atoms with Gasteiger partial charge in [-0.05, 0) is 19.3 Å². The summed E-state index contributed by atoms with van der Waals surface area (Å²) in [7, 11) is 0. The summed E-state index contributed by atoms with van der Waals surface area (Å²) in [6.45, 7) is 6.37. The van der Waals surface area contributed by atoms with Crippen LogP contribution in [-0.4, -0.2) is 39.1 Å². The van der Waals surface area contributed by atoms with Gasteiger partial charge in [-0.25, -0.2) is 9.47 Å². The first-order valence-electron chi connectivity index (χ1n) is 6.27. The van der Waals surface area contributed by atoms with Crippen molar-refractivity contribution < 1.29 is 9.59 Å². The average molecular weight is 300 g/mol. The van der Waals surface area contributed by atoms with Crippen molar-refractivity contribution in [3.8, 4) is 0 Å². The molecule has 3 amide bonds. The number of nitrogens with zero attached hydrogens (tertiary/aromatic N) is 3. The van der Waals surface area contributed by atoms with E-state index in [0.29, 0.717) is 23.4 Å².